The third-order valence-corrected chi connectivity index (χ3v) is 3.27. The third-order valence-electron chi connectivity index (χ3n) is 3.27. The smallest absolute Gasteiger partial charge is 0.335 e. The van der Waals surface area contributed by atoms with Gasteiger partial charge in [0, 0.05) is 12.3 Å². The Balaban J connectivity index is 1.85. The largest absolute Gasteiger partial charge is 0.478 e. The second-order valence-corrected chi connectivity index (χ2v) is 4.57. The molecule has 0 radical (unpaired) electrons. The van der Waals surface area contributed by atoms with E-state index < -0.39 is 5.97 Å². The molecule has 2 aromatic rings. The van der Waals surface area contributed by atoms with Crippen molar-refractivity contribution in [2.45, 2.75) is 19.3 Å². The first-order valence-corrected chi connectivity index (χ1v) is 6.21. The number of benzene rings is 1. The average Bonchev–Trinajstić information content (AvgIpc) is 2.86. The van der Waals surface area contributed by atoms with Gasteiger partial charge in [-0.05, 0) is 48.6 Å². The van der Waals surface area contributed by atoms with Crippen LogP contribution in [0.15, 0.2) is 36.5 Å². The number of pyridine rings is 1. The Kier molecular flexibility index (Phi) is 2.91. The van der Waals surface area contributed by atoms with Crippen LogP contribution < -0.4 is 4.74 Å². The Morgan fingerprint density at radius 2 is 2.00 bits per heavy atom. The Hall–Kier alpha value is -2.36. The number of nitrogens with zero attached hydrogens (tertiary/aromatic N) is 1. The molecule has 0 saturated carbocycles. The van der Waals surface area contributed by atoms with Crippen molar-refractivity contribution in [2.75, 3.05) is 0 Å². The molecule has 1 aliphatic carbocycles. The van der Waals surface area contributed by atoms with E-state index in [0.29, 0.717) is 11.6 Å². The Bertz CT molecular complexity index is 637. The number of rotatable bonds is 3. The Morgan fingerprint density at radius 1 is 1.16 bits per heavy atom. The maximum absolute atomic E-state index is 10.9. The zero-order chi connectivity index (χ0) is 13.2. The van der Waals surface area contributed by atoms with Gasteiger partial charge in [-0.1, -0.05) is 6.07 Å². The van der Waals surface area contributed by atoms with Crippen molar-refractivity contribution in [3.8, 4) is 11.6 Å². The van der Waals surface area contributed by atoms with Crippen LogP contribution in [0.2, 0.25) is 0 Å². The van der Waals surface area contributed by atoms with Crippen LogP contribution in [0.25, 0.3) is 0 Å². The first-order valence-electron chi connectivity index (χ1n) is 6.21. The number of carboxylic acids is 1. The lowest BCUT2D eigenvalue weighted by Gasteiger charge is -2.07. The minimum Gasteiger partial charge on any atom is -0.478 e. The van der Waals surface area contributed by atoms with Gasteiger partial charge in [0.15, 0.2) is 0 Å². The van der Waals surface area contributed by atoms with Crippen LogP contribution >= 0.6 is 0 Å². The number of fused-ring (bicyclic) bond motifs is 1. The number of aryl methyl sites for hydroxylation is 2. The van der Waals surface area contributed by atoms with Crippen molar-refractivity contribution < 1.29 is 14.6 Å². The molecular weight excluding hydrogens is 242 g/mol. The summed E-state index contributed by atoms with van der Waals surface area (Å²) in [6.07, 6.45) is 4.83. The summed E-state index contributed by atoms with van der Waals surface area (Å²) in [5, 5.41) is 8.92. The lowest BCUT2D eigenvalue weighted by atomic mass is 10.1. The summed E-state index contributed by atoms with van der Waals surface area (Å²) in [6, 6.07) is 8.85. The number of hydrogen-bond donors (Lipinski definition) is 1. The van der Waals surface area contributed by atoms with Crippen LogP contribution in [-0.2, 0) is 12.8 Å². The van der Waals surface area contributed by atoms with Gasteiger partial charge in [-0.2, -0.15) is 0 Å². The quantitative estimate of drug-likeness (QED) is 0.915. The molecule has 3 rings (SSSR count). The number of hydrogen-bond acceptors (Lipinski definition) is 3. The van der Waals surface area contributed by atoms with E-state index in [1.807, 2.05) is 12.1 Å². The Morgan fingerprint density at radius 3 is 2.84 bits per heavy atom. The molecule has 0 spiro atoms. The molecule has 0 atom stereocenters. The van der Waals surface area contributed by atoms with E-state index in [2.05, 4.69) is 11.1 Å². The summed E-state index contributed by atoms with van der Waals surface area (Å²) in [6.45, 7) is 0. The number of aromatic nitrogens is 1. The van der Waals surface area contributed by atoms with E-state index in [4.69, 9.17) is 9.84 Å². The molecule has 96 valence electrons. The maximum atomic E-state index is 10.9. The van der Waals surface area contributed by atoms with Gasteiger partial charge in [0.05, 0.1) is 5.56 Å². The van der Waals surface area contributed by atoms with E-state index >= 15 is 0 Å². The molecule has 0 unspecified atom stereocenters. The van der Waals surface area contributed by atoms with E-state index in [-0.39, 0.29) is 5.56 Å². The highest BCUT2D eigenvalue weighted by atomic mass is 16.5. The predicted molar refractivity (Wildman–Crippen MR) is 69.7 cm³/mol. The Labute approximate surface area is 110 Å². The maximum Gasteiger partial charge on any atom is 0.335 e. The highest BCUT2D eigenvalue weighted by Gasteiger charge is 2.12. The standard InChI is InChI=1S/C15H13NO3/c17-15(18)12-6-7-16-14(9-12)19-13-5-4-10-2-1-3-11(10)8-13/h4-9H,1-3H2,(H,17,18). The first-order chi connectivity index (χ1) is 9.22. The number of carbonyl (C=O) groups is 1. The molecule has 1 aromatic heterocycles. The summed E-state index contributed by atoms with van der Waals surface area (Å²) >= 11 is 0. The lowest BCUT2D eigenvalue weighted by molar-refractivity contribution is 0.0696. The molecule has 0 fully saturated rings. The van der Waals surface area contributed by atoms with Crippen LogP contribution in [0, 0.1) is 0 Å². The SMILES string of the molecule is O=C(O)c1ccnc(Oc2ccc3c(c2)CCC3)c1. The van der Waals surface area contributed by atoms with Gasteiger partial charge in [0.2, 0.25) is 5.88 Å². The lowest BCUT2D eigenvalue weighted by Crippen LogP contribution is -1.97. The van der Waals surface area contributed by atoms with Crippen LogP contribution in [0.4, 0.5) is 0 Å². The molecule has 4 heteroatoms. The van der Waals surface area contributed by atoms with Crippen LogP contribution in [0.1, 0.15) is 27.9 Å². The van der Waals surface area contributed by atoms with Crippen molar-refractivity contribution in [3.05, 3.63) is 53.2 Å². The van der Waals surface area contributed by atoms with Gasteiger partial charge in [-0.25, -0.2) is 9.78 Å². The fourth-order valence-corrected chi connectivity index (χ4v) is 2.33. The zero-order valence-electron chi connectivity index (χ0n) is 10.3. The van der Waals surface area contributed by atoms with Crippen molar-refractivity contribution in [1.82, 2.24) is 4.98 Å². The summed E-state index contributed by atoms with van der Waals surface area (Å²) in [5.74, 6) is 0.0229. The molecule has 0 bridgehead atoms. The molecule has 1 N–H and O–H groups in total. The van der Waals surface area contributed by atoms with Crippen LogP contribution in [0.3, 0.4) is 0 Å². The normalized spacial score (nSPS) is 13.1. The number of carboxylic acid groups (broad SMARTS) is 1. The number of ether oxygens (including phenoxy) is 1. The molecule has 0 saturated heterocycles. The van der Waals surface area contributed by atoms with Crippen LogP contribution in [-0.4, -0.2) is 16.1 Å². The van der Waals surface area contributed by atoms with E-state index in [1.54, 1.807) is 0 Å². The van der Waals surface area contributed by atoms with Gasteiger partial charge >= 0.3 is 5.97 Å². The summed E-state index contributed by atoms with van der Waals surface area (Å²) in [7, 11) is 0. The minimum atomic E-state index is -0.985. The highest BCUT2D eigenvalue weighted by Crippen LogP contribution is 2.28. The average molecular weight is 255 g/mol. The van der Waals surface area contributed by atoms with E-state index in [0.717, 1.165) is 12.8 Å². The van der Waals surface area contributed by atoms with Gasteiger partial charge in [0.25, 0.3) is 0 Å². The van der Waals surface area contributed by atoms with E-state index in [9.17, 15) is 4.79 Å². The summed E-state index contributed by atoms with van der Waals surface area (Å²) < 4.78 is 5.62. The van der Waals surface area contributed by atoms with Gasteiger partial charge < -0.3 is 9.84 Å². The minimum absolute atomic E-state index is 0.172. The summed E-state index contributed by atoms with van der Waals surface area (Å²) in [5.41, 5.74) is 2.86. The molecule has 1 heterocycles. The molecule has 4 nitrogen and oxygen atoms in total. The van der Waals surface area contributed by atoms with Crippen LogP contribution in [0.5, 0.6) is 11.6 Å². The second kappa shape index (κ2) is 4.72. The van der Waals surface area contributed by atoms with Gasteiger partial charge in [0.1, 0.15) is 5.75 Å². The second-order valence-electron chi connectivity index (χ2n) is 4.57. The van der Waals surface area contributed by atoms with Gasteiger partial charge in [-0.15, -0.1) is 0 Å². The topological polar surface area (TPSA) is 59.4 Å². The number of aromatic carboxylic acids is 1. The highest BCUT2D eigenvalue weighted by molar-refractivity contribution is 5.87. The fraction of sp³-hybridized carbons (Fsp3) is 0.200. The zero-order valence-corrected chi connectivity index (χ0v) is 10.3. The predicted octanol–water partition coefficient (Wildman–Crippen LogP) is 3.06. The molecule has 1 aromatic carbocycles. The van der Waals surface area contributed by atoms with E-state index in [1.165, 1.54) is 35.9 Å². The molecule has 1 aliphatic rings. The van der Waals surface area contributed by atoms with Gasteiger partial charge in [-0.3, -0.25) is 0 Å². The molecule has 0 aliphatic heterocycles. The third kappa shape index (κ3) is 2.42. The summed E-state index contributed by atoms with van der Waals surface area (Å²) in [4.78, 5) is 14.9. The fourth-order valence-electron chi connectivity index (χ4n) is 2.33. The van der Waals surface area contributed by atoms with Crippen molar-refractivity contribution in [1.29, 1.82) is 0 Å². The van der Waals surface area contributed by atoms with Crippen molar-refractivity contribution >= 4 is 5.97 Å². The molecule has 0 amide bonds. The van der Waals surface area contributed by atoms with Crippen molar-refractivity contribution in [3.63, 3.8) is 0 Å². The molecular formula is C15H13NO3. The monoisotopic (exact) mass is 255 g/mol. The first kappa shape index (κ1) is 11.7. The van der Waals surface area contributed by atoms with Crippen molar-refractivity contribution in [2.24, 2.45) is 0 Å². The molecule has 19 heavy (non-hydrogen) atoms.